The van der Waals surface area contributed by atoms with Crippen molar-refractivity contribution in [3.05, 3.63) is 0 Å². The molecule has 0 radical (unpaired) electrons. The van der Waals surface area contributed by atoms with Gasteiger partial charge in [-0.05, 0) is 45.6 Å². The minimum absolute atomic E-state index is 0.0803. The summed E-state index contributed by atoms with van der Waals surface area (Å²) in [6.07, 6.45) is 3.16. The third-order valence-electron chi connectivity index (χ3n) is 4.55. The molecule has 0 saturated carbocycles. The normalized spacial score (nSPS) is 30.1. The second-order valence-corrected chi connectivity index (χ2v) is 8.54. The Hall–Kier alpha value is -0.0900. The van der Waals surface area contributed by atoms with Crippen molar-refractivity contribution in [1.29, 1.82) is 0 Å². The Morgan fingerprint density at radius 1 is 1.22 bits per heavy atom. The molecule has 18 heavy (non-hydrogen) atoms. The van der Waals surface area contributed by atoms with E-state index in [0.29, 0.717) is 11.8 Å². The van der Waals surface area contributed by atoms with Gasteiger partial charge < -0.3 is 5.32 Å². The Bertz CT molecular complexity index is 347. The van der Waals surface area contributed by atoms with Crippen LogP contribution in [0.2, 0.25) is 0 Å². The monoisotopic (exact) mass is 275 g/mol. The van der Waals surface area contributed by atoms with Crippen LogP contribution in [-0.4, -0.2) is 31.5 Å². The lowest BCUT2D eigenvalue weighted by Gasteiger charge is -2.41. The van der Waals surface area contributed by atoms with Crippen LogP contribution in [-0.2, 0) is 9.84 Å². The smallest absolute Gasteiger partial charge is 0.157 e. The minimum atomic E-state index is -3.03. The van der Waals surface area contributed by atoms with Crippen molar-refractivity contribution in [2.24, 2.45) is 11.8 Å². The first-order valence-corrected chi connectivity index (χ1v) is 8.93. The second-order valence-electron chi connectivity index (χ2n) is 5.87. The molecule has 4 heteroatoms. The van der Waals surface area contributed by atoms with Crippen molar-refractivity contribution >= 4 is 9.84 Å². The minimum Gasteiger partial charge on any atom is -0.313 e. The third kappa shape index (κ3) is 3.08. The molecule has 3 unspecified atom stereocenters. The Morgan fingerprint density at radius 3 is 2.22 bits per heavy atom. The van der Waals surface area contributed by atoms with Crippen LogP contribution < -0.4 is 5.32 Å². The fraction of sp³-hybridized carbons (Fsp3) is 1.00. The number of hydrogen-bond acceptors (Lipinski definition) is 3. The van der Waals surface area contributed by atoms with Gasteiger partial charge in [-0.3, -0.25) is 0 Å². The highest BCUT2D eigenvalue weighted by Crippen LogP contribution is 2.35. The quantitative estimate of drug-likeness (QED) is 0.839. The number of nitrogens with one attached hydrogen (secondary N) is 1. The topological polar surface area (TPSA) is 46.2 Å². The van der Waals surface area contributed by atoms with Crippen LogP contribution in [0.1, 0.15) is 53.9 Å². The molecule has 0 spiro atoms. The van der Waals surface area contributed by atoms with Gasteiger partial charge in [-0.1, -0.05) is 26.7 Å². The molecule has 1 fully saturated rings. The average molecular weight is 275 g/mol. The fourth-order valence-corrected chi connectivity index (χ4v) is 5.51. The molecule has 3 atom stereocenters. The summed E-state index contributed by atoms with van der Waals surface area (Å²) >= 11 is 0. The highest BCUT2D eigenvalue weighted by molar-refractivity contribution is 7.92. The molecule has 1 aliphatic heterocycles. The lowest BCUT2D eigenvalue weighted by molar-refractivity contribution is 0.218. The van der Waals surface area contributed by atoms with Gasteiger partial charge >= 0.3 is 0 Å². The number of hydrogen-bond donors (Lipinski definition) is 1. The zero-order chi connectivity index (χ0) is 13.9. The van der Waals surface area contributed by atoms with Crippen LogP contribution in [0.25, 0.3) is 0 Å². The molecular formula is C14H29NO2S. The van der Waals surface area contributed by atoms with Crippen molar-refractivity contribution in [2.45, 2.75) is 70.4 Å². The Morgan fingerprint density at radius 2 is 1.78 bits per heavy atom. The first-order chi connectivity index (χ1) is 8.36. The largest absolute Gasteiger partial charge is 0.313 e. The van der Waals surface area contributed by atoms with Crippen LogP contribution in [0, 0.1) is 11.8 Å². The molecule has 1 rings (SSSR count). The van der Waals surface area contributed by atoms with E-state index in [1.807, 2.05) is 6.92 Å². The highest BCUT2D eigenvalue weighted by atomic mass is 32.2. The molecular weight excluding hydrogens is 246 g/mol. The zero-order valence-electron chi connectivity index (χ0n) is 12.4. The van der Waals surface area contributed by atoms with Gasteiger partial charge in [0.25, 0.3) is 0 Å². The molecule has 0 aliphatic carbocycles. The maximum atomic E-state index is 12.6. The Labute approximate surface area is 113 Å². The fourth-order valence-electron chi connectivity index (χ4n) is 3.37. The zero-order valence-corrected chi connectivity index (χ0v) is 13.3. The summed E-state index contributed by atoms with van der Waals surface area (Å²) < 4.78 is 25.2. The number of piperidine rings is 1. The Kier molecular flexibility index (Phi) is 5.66. The summed E-state index contributed by atoms with van der Waals surface area (Å²) in [6.45, 7) is 11.0. The van der Waals surface area contributed by atoms with Gasteiger partial charge in [0, 0.05) is 6.04 Å². The van der Waals surface area contributed by atoms with Gasteiger partial charge in [-0.2, -0.15) is 0 Å². The van der Waals surface area contributed by atoms with Crippen molar-refractivity contribution in [3.8, 4) is 0 Å². The van der Waals surface area contributed by atoms with Crippen molar-refractivity contribution in [1.82, 2.24) is 5.32 Å². The summed E-state index contributed by atoms with van der Waals surface area (Å²) in [5.74, 6) is 0.858. The van der Waals surface area contributed by atoms with Gasteiger partial charge in [-0.25, -0.2) is 8.42 Å². The molecule has 1 heterocycles. The molecule has 0 aromatic carbocycles. The van der Waals surface area contributed by atoms with Crippen molar-refractivity contribution < 1.29 is 8.42 Å². The van der Waals surface area contributed by atoms with Gasteiger partial charge in [-0.15, -0.1) is 0 Å². The van der Waals surface area contributed by atoms with E-state index < -0.39 is 9.84 Å². The van der Waals surface area contributed by atoms with Crippen LogP contribution >= 0.6 is 0 Å². The van der Waals surface area contributed by atoms with Gasteiger partial charge in [0.2, 0.25) is 0 Å². The van der Waals surface area contributed by atoms with Crippen molar-refractivity contribution in [3.63, 3.8) is 0 Å². The third-order valence-corrected chi connectivity index (χ3v) is 7.38. The molecule has 1 aliphatic rings. The predicted molar refractivity (Wildman–Crippen MR) is 77.5 cm³/mol. The van der Waals surface area contributed by atoms with Gasteiger partial charge in [0.05, 0.1) is 10.5 Å². The van der Waals surface area contributed by atoms with E-state index in [0.717, 1.165) is 25.8 Å². The van der Waals surface area contributed by atoms with Crippen LogP contribution in [0.15, 0.2) is 0 Å². The summed E-state index contributed by atoms with van der Waals surface area (Å²) in [4.78, 5) is 0. The van der Waals surface area contributed by atoms with E-state index in [1.54, 1.807) is 13.8 Å². The maximum Gasteiger partial charge on any atom is 0.157 e. The lowest BCUT2D eigenvalue weighted by Crippen LogP contribution is -2.55. The van der Waals surface area contributed by atoms with Crippen LogP contribution in [0.4, 0.5) is 0 Å². The SMILES string of the molecule is CCC(CC)C1CCNC(C)C1S(=O)(=O)C(C)C. The molecule has 1 saturated heterocycles. The van der Waals surface area contributed by atoms with Crippen LogP contribution in [0.3, 0.4) is 0 Å². The van der Waals surface area contributed by atoms with Crippen molar-refractivity contribution in [2.75, 3.05) is 6.54 Å². The number of rotatable bonds is 5. The maximum absolute atomic E-state index is 12.6. The van der Waals surface area contributed by atoms with E-state index in [-0.39, 0.29) is 16.5 Å². The Balaban J connectivity index is 3.07. The van der Waals surface area contributed by atoms with Gasteiger partial charge in [0.1, 0.15) is 0 Å². The summed E-state index contributed by atoms with van der Waals surface area (Å²) in [7, 11) is -3.03. The van der Waals surface area contributed by atoms with E-state index >= 15 is 0 Å². The van der Waals surface area contributed by atoms with Crippen LogP contribution in [0.5, 0.6) is 0 Å². The number of sulfone groups is 1. The molecule has 0 amide bonds. The second kappa shape index (κ2) is 6.38. The summed E-state index contributed by atoms with van der Waals surface area (Å²) in [6, 6.07) is 0.0803. The van der Waals surface area contributed by atoms with E-state index in [2.05, 4.69) is 19.2 Å². The van der Waals surface area contributed by atoms with Gasteiger partial charge in [0.15, 0.2) is 9.84 Å². The van der Waals surface area contributed by atoms with E-state index in [4.69, 9.17) is 0 Å². The average Bonchev–Trinajstić information content (AvgIpc) is 2.30. The summed E-state index contributed by atoms with van der Waals surface area (Å²) in [5, 5.41) is 2.86. The molecule has 108 valence electrons. The molecule has 0 aromatic heterocycles. The standard InChI is InChI=1S/C14H29NO2S/c1-6-12(7-2)13-8-9-15-11(5)14(13)18(16,17)10(3)4/h10-15H,6-9H2,1-5H3. The molecule has 1 N–H and O–H groups in total. The molecule has 0 aromatic rings. The first kappa shape index (κ1) is 16.0. The predicted octanol–water partition coefficient (Wildman–Crippen LogP) is 2.61. The molecule has 0 bridgehead atoms. The highest BCUT2D eigenvalue weighted by Gasteiger charge is 2.43. The molecule has 3 nitrogen and oxygen atoms in total. The van der Waals surface area contributed by atoms with E-state index in [9.17, 15) is 8.42 Å². The van der Waals surface area contributed by atoms with E-state index in [1.165, 1.54) is 0 Å². The lowest BCUT2D eigenvalue weighted by atomic mass is 9.79. The first-order valence-electron chi connectivity index (χ1n) is 7.32. The summed E-state index contributed by atoms with van der Waals surface area (Å²) in [5.41, 5.74) is 0.